The number of ether oxygens (including phenoxy) is 1. The lowest BCUT2D eigenvalue weighted by Crippen LogP contribution is -2.65. The summed E-state index contributed by atoms with van der Waals surface area (Å²) >= 11 is 0. The van der Waals surface area contributed by atoms with Crippen LogP contribution in [0, 0.1) is 39.4 Å². The molecule has 4 rings (SSSR count). The first kappa shape index (κ1) is 29.7. The van der Waals surface area contributed by atoms with Crippen LogP contribution in [0.3, 0.4) is 0 Å². The van der Waals surface area contributed by atoms with Crippen molar-refractivity contribution in [2.45, 2.75) is 138 Å². The molecule has 0 aromatic heterocycles. The third kappa shape index (κ3) is 4.32. The monoisotopic (exact) mass is 532 g/mol. The second kappa shape index (κ2) is 9.41. The molecule has 0 spiro atoms. The summed E-state index contributed by atoms with van der Waals surface area (Å²) in [6, 6.07) is 0. The van der Waals surface area contributed by atoms with Crippen molar-refractivity contribution >= 4 is 11.8 Å². The second-order valence-corrected chi connectivity index (χ2v) is 15.1. The van der Waals surface area contributed by atoms with Crippen LogP contribution in [0.1, 0.15) is 114 Å². The van der Waals surface area contributed by atoms with Crippen molar-refractivity contribution in [1.82, 2.24) is 0 Å². The van der Waals surface area contributed by atoms with Crippen molar-refractivity contribution in [3.05, 3.63) is 11.1 Å². The Bertz CT molecular complexity index is 1010. The number of ketones is 1. The molecule has 0 heterocycles. The third-order valence-corrected chi connectivity index (χ3v) is 12.2. The van der Waals surface area contributed by atoms with E-state index in [0.717, 1.165) is 32.1 Å². The van der Waals surface area contributed by atoms with Gasteiger partial charge in [0.1, 0.15) is 5.78 Å². The van der Waals surface area contributed by atoms with Gasteiger partial charge in [0.25, 0.3) is 0 Å². The third-order valence-electron chi connectivity index (χ3n) is 12.2. The largest absolute Gasteiger partial charge is 0.457 e. The number of rotatable bonds is 6. The predicted octanol–water partition coefficient (Wildman–Crippen LogP) is 5.37. The molecule has 0 amide bonds. The number of esters is 1. The maximum Gasteiger partial charge on any atom is 0.303 e. The van der Waals surface area contributed by atoms with Crippen molar-refractivity contribution in [3.63, 3.8) is 0 Å². The zero-order valence-electron chi connectivity index (χ0n) is 25.2. The number of aliphatic hydroxyl groups excluding tert-OH is 2. The average molecular weight is 533 g/mol. The highest BCUT2D eigenvalue weighted by atomic mass is 16.6. The lowest BCUT2D eigenvalue weighted by Gasteiger charge is -2.69. The van der Waals surface area contributed by atoms with E-state index in [2.05, 4.69) is 41.5 Å². The fourth-order valence-electron chi connectivity index (χ4n) is 10.2. The summed E-state index contributed by atoms with van der Waals surface area (Å²) in [5.41, 5.74) is 0.754. The molecule has 6 nitrogen and oxygen atoms in total. The zero-order chi connectivity index (χ0) is 28.6. The summed E-state index contributed by atoms with van der Waals surface area (Å²) in [4.78, 5) is 24.6. The molecule has 216 valence electrons. The molecule has 6 heteroatoms. The van der Waals surface area contributed by atoms with E-state index in [1.807, 2.05) is 0 Å². The molecule has 38 heavy (non-hydrogen) atoms. The van der Waals surface area contributed by atoms with E-state index < -0.39 is 29.9 Å². The van der Waals surface area contributed by atoms with Crippen molar-refractivity contribution in [3.8, 4) is 0 Å². The van der Waals surface area contributed by atoms with Gasteiger partial charge in [-0.3, -0.25) is 9.59 Å². The molecule has 3 saturated carbocycles. The van der Waals surface area contributed by atoms with Crippen LogP contribution in [0.25, 0.3) is 0 Å². The zero-order valence-corrected chi connectivity index (χ0v) is 25.2. The standard InChI is InChI=1S/C32H52O6/c1-18(16-23(35)27(29(5,6)37)38-19(2)33)20-10-14-31(8)21(20)17-22(34)26-30(7)13-12-25(36)28(3,4)24(30)11-15-32(26,31)9/h18,22-24,26-27,34-35,37H,10-17H2,1-9H3/t18-,22+,23+,24+,26-,27-,30+,31-,32-/m1/s1. The Labute approximate surface area is 229 Å². The molecule has 0 radical (unpaired) electrons. The number of fused-ring (bicyclic) bond motifs is 5. The van der Waals surface area contributed by atoms with Crippen LogP contribution in [0.2, 0.25) is 0 Å². The van der Waals surface area contributed by atoms with Crippen molar-refractivity contribution < 1.29 is 29.6 Å². The molecule has 3 N–H and O–H groups in total. The first-order valence-electron chi connectivity index (χ1n) is 14.8. The van der Waals surface area contributed by atoms with E-state index in [1.165, 1.54) is 18.1 Å². The molecule has 0 unspecified atom stereocenters. The van der Waals surface area contributed by atoms with E-state index >= 15 is 0 Å². The lowest BCUT2D eigenvalue weighted by atomic mass is 9.36. The van der Waals surface area contributed by atoms with Gasteiger partial charge in [0.15, 0.2) is 6.10 Å². The van der Waals surface area contributed by atoms with Crippen LogP contribution in [-0.4, -0.2) is 51.0 Å². The van der Waals surface area contributed by atoms with Crippen LogP contribution in [0.15, 0.2) is 11.1 Å². The van der Waals surface area contributed by atoms with Crippen molar-refractivity contribution in [2.75, 3.05) is 0 Å². The van der Waals surface area contributed by atoms with E-state index in [9.17, 15) is 24.9 Å². The molecule has 9 atom stereocenters. The van der Waals surface area contributed by atoms with Crippen LogP contribution in [0.4, 0.5) is 0 Å². The number of Topliss-reactive ketones (excluding diaryl/α,β-unsaturated/α-hetero) is 1. The van der Waals surface area contributed by atoms with Crippen LogP contribution >= 0.6 is 0 Å². The minimum Gasteiger partial charge on any atom is -0.457 e. The Morgan fingerprint density at radius 2 is 1.74 bits per heavy atom. The fourth-order valence-corrected chi connectivity index (χ4v) is 10.2. The Morgan fingerprint density at radius 1 is 1.11 bits per heavy atom. The maximum atomic E-state index is 12.9. The minimum absolute atomic E-state index is 0.0349. The average Bonchev–Trinajstić information content (AvgIpc) is 3.12. The number of hydrogen-bond donors (Lipinski definition) is 3. The first-order chi connectivity index (χ1) is 17.3. The van der Waals surface area contributed by atoms with Gasteiger partial charge < -0.3 is 20.1 Å². The van der Waals surface area contributed by atoms with Gasteiger partial charge in [0, 0.05) is 18.8 Å². The highest BCUT2D eigenvalue weighted by Crippen LogP contribution is 2.74. The first-order valence-corrected chi connectivity index (χ1v) is 14.8. The summed E-state index contributed by atoms with van der Waals surface area (Å²) in [5.74, 6) is 0.305. The Morgan fingerprint density at radius 3 is 2.32 bits per heavy atom. The van der Waals surface area contributed by atoms with Crippen LogP contribution in [-0.2, 0) is 14.3 Å². The maximum absolute atomic E-state index is 12.9. The van der Waals surface area contributed by atoms with Crippen molar-refractivity contribution in [1.29, 1.82) is 0 Å². The predicted molar refractivity (Wildman–Crippen MR) is 147 cm³/mol. The quantitative estimate of drug-likeness (QED) is 0.314. The molecule has 0 bridgehead atoms. The normalized spacial score (nSPS) is 41.1. The Hall–Kier alpha value is -1.24. The summed E-state index contributed by atoms with van der Waals surface area (Å²) in [7, 11) is 0. The molecule has 4 aliphatic rings. The molecular weight excluding hydrogens is 480 g/mol. The summed E-state index contributed by atoms with van der Waals surface area (Å²) in [6.45, 7) is 17.9. The van der Waals surface area contributed by atoms with Gasteiger partial charge >= 0.3 is 5.97 Å². The molecule has 0 aromatic rings. The second-order valence-electron chi connectivity index (χ2n) is 15.1. The highest BCUT2D eigenvalue weighted by molar-refractivity contribution is 5.85. The van der Waals surface area contributed by atoms with E-state index in [4.69, 9.17) is 4.74 Å². The summed E-state index contributed by atoms with van der Waals surface area (Å²) in [5, 5.41) is 33.5. The molecular formula is C32H52O6. The molecule has 0 aliphatic heterocycles. The number of hydrogen-bond acceptors (Lipinski definition) is 6. The molecule has 3 fully saturated rings. The summed E-state index contributed by atoms with van der Waals surface area (Å²) < 4.78 is 5.34. The Kier molecular flexibility index (Phi) is 7.36. The number of allylic oxidation sites excluding steroid dienone is 1. The van der Waals surface area contributed by atoms with Gasteiger partial charge in [0.05, 0.1) is 17.8 Å². The molecule has 0 saturated heterocycles. The van der Waals surface area contributed by atoms with E-state index in [0.29, 0.717) is 25.0 Å². The van der Waals surface area contributed by atoms with Gasteiger partial charge in [-0.05, 0) is 92.8 Å². The Balaban J connectivity index is 1.66. The van der Waals surface area contributed by atoms with Gasteiger partial charge in [-0.15, -0.1) is 0 Å². The fraction of sp³-hybridized carbons (Fsp3) is 0.875. The number of carbonyl (C=O) groups excluding carboxylic acids is 2. The van der Waals surface area contributed by atoms with Crippen LogP contribution < -0.4 is 0 Å². The van der Waals surface area contributed by atoms with E-state index in [1.54, 1.807) is 13.8 Å². The van der Waals surface area contributed by atoms with Crippen LogP contribution in [0.5, 0.6) is 0 Å². The topological polar surface area (TPSA) is 104 Å². The minimum atomic E-state index is -1.36. The SMILES string of the molecule is CC(=O)O[C@H]([C@@H](O)C[C@@H](C)C1=C2C[C@H](O)[C@@H]3[C@@]4(C)CCC(=O)C(C)(C)[C@@H]4CC[C@@]3(C)[C@]2(C)CC1)C(C)(C)O. The number of aliphatic hydroxyl groups is 3. The van der Waals surface area contributed by atoms with Gasteiger partial charge in [-0.2, -0.15) is 0 Å². The van der Waals surface area contributed by atoms with Gasteiger partial charge in [-0.1, -0.05) is 52.7 Å². The van der Waals surface area contributed by atoms with E-state index in [-0.39, 0.29) is 39.4 Å². The number of carbonyl (C=O) groups is 2. The van der Waals surface area contributed by atoms with Crippen molar-refractivity contribution in [2.24, 2.45) is 39.4 Å². The highest BCUT2D eigenvalue weighted by Gasteiger charge is 2.69. The lowest BCUT2D eigenvalue weighted by molar-refractivity contribution is -0.208. The molecule has 4 aliphatic carbocycles. The van der Waals surface area contributed by atoms with Gasteiger partial charge in [0.2, 0.25) is 0 Å². The van der Waals surface area contributed by atoms with Gasteiger partial charge in [-0.25, -0.2) is 0 Å². The summed E-state index contributed by atoms with van der Waals surface area (Å²) in [6.07, 6.45) is 3.98. The smallest absolute Gasteiger partial charge is 0.303 e. The molecule has 0 aromatic carbocycles.